The van der Waals surface area contributed by atoms with E-state index >= 15 is 0 Å². The maximum absolute atomic E-state index is 14.8. The minimum Gasteiger partial charge on any atom is -0.494 e. The summed E-state index contributed by atoms with van der Waals surface area (Å²) in [5, 5.41) is 8.28. The molecule has 15 heteroatoms. The third-order valence-corrected chi connectivity index (χ3v) is 6.85. The summed E-state index contributed by atoms with van der Waals surface area (Å²) in [6.07, 6.45) is -0.778. The molecule has 1 aromatic carbocycles. The molecule has 0 aliphatic carbocycles. The number of aromatic nitrogens is 4. The Morgan fingerprint density at radius 2 is 1.81 bits per heavy atom. The molecule has 3 heterocycles. The van der Waals surface area contributed by atoms with E-state index < -0.39 is 64.8 Å². The molecule has 0 spiro atoms. The quantitative estimate of drug-likeness (QED) is 0.261. The summed E-state index contributed by atoms with van der Waals surface area (Å²) >= 11 is 0. The van der Waals surface area contributed by atoms with Gasteiger partial charge in [-0.25, -0.2) is 18.4 Å². The average Bonchev–Trinajstić information content (AvgIpc) is 3.43. The van der Waals surface area contributed by atoms with Gasteiger partial charge in [0.1, 0.15) is 28.9 Å². The van der Waals surface area contributed by atoms with E-state index in [0.717, 1.165) is 4.68 Å². The Hall–Kier alpha value is -4.82. The molecule has 3 aromatic heterocycles. The maximum atomic E-state index is 14.8. The number of hydrogen-bond acceptors (Lipinski definition) is 7. The Morgan fingerprint density at radius 3 is 2.40 bits per heavy atom. The summed E-state index contributed by atoms with van der Waals surface area (Å²) in [7, 11) is 2.86. The standard InChI is InChI=1S/C28H27F5N6O4/c1-5-22(28(31,32)33)36-15-10-18(29)24(19(30)11-15)26(41)37-20(14(2)40)12-16-6-7-17(25-34-8-9-39(16)25)23-21(43-4)13-35-38(3)27(23)42/h6-11,13,20,22,36H,5,12H2,1-4H3,(H,37,41)/t20-,22+/m0/s1. The highest BCUT2D eigenvalue weighted by Crippen LogP contribution is 2.30. The van der Waals surface area contributed by atoms with Gasteiger partial charge in [-0.3, -0.25) is 14.4 Å². The van der Waals surface area contributed by atoms with Crippen LogP contribution in [-0.2, 0) is 18.3 Å². The fraction of sp³-hybridized carbons (Fsp3) is 0.321. The molecule has 1 amide bonds. The summed E-state index contributed by atoms with van der Waals surface area (Å²) in [6, 6.07) is 1.05. The number of fused-ring (bicyclic) bond motifs is 1. The van der Waals surface area contributed by atoms with Crippen LogP contribution in [-0.4, -0.2) is 56.2 Å². The van der Waals surface area contributed by atoms with Crippen LogP contribution in [0.1, 0.15) is 36.3 Å². The SMILES string of the molecule is CC[C@@H](Nc1cc(F)c(C(=O)N[C@@H](Cc2ccc(-c3c(OC)cnn(C)c3=O)c3nccn23)C(C)=O)c(F)c1)C(F)(F)F. The predicted molar refractivity (Wildman–Crippen MR) is 146 cm³/mol. The molecule has 0 unspecified atom stereocenters. The van der Waals surface area contributed by atoms with Gasteiger partial charge in [0.25, 0.3) is 11.5 Å². The maximum Gasteiger partial charge on any atom is 0.408 e. The van der Waals surface area contributed by atoms with Crippen molar-refractivity contribution in [3.05, 3.63) is 76.1 Å². The van der Waals surface area contributed by atoms with E-state index in [4.69, 9.17) is 4.74 Å². The second-order valence-electron chi connectivity index (χ2n) is 9.68. The van der Waals surface area contributed by atoms with Crippen molar-refractivity contribution in [1.82, 2.24) is 24.5 Å². The number of Topliss-reactive ketones (excluding diaryl/α,β-unsaturated/α-hetero) is 1. The van der Waals surface area contributed by atoms with E-state index in [1.165, 1.54) is 40.4 Å². The van der Waals surface area contributed by atoms with Gasteiger partial charge in [0, 0.05) is 42.8 Å². The van der Waals surface area contributed by atoms with Gasteiger partial charge in [-0.2, -0.15) is 18.3 Å². The van der Waals surface area contributed by atoms with E-state index in [0.29, 0.717) is 29.0 Å². The molecule has 0 saturated carbocycles. The molecular weight excluding hydrogens is 579 g/mol. The van der Waals surface area contributed by atoms with Crippen LogP contribution in [0.25, 0.3) is 16.8 Å². The zero-order chi connectivity index (χ0) is 31.6. The molecule has 0 aliphatic heterocycles. The minimum atomic E-state index is -4.66. The molecule has 2 atom stereocenters. The number of pyridine rings is 1. The Labute approximate surface area is 241 Å². The molecule has 0 radical (unpaired) electrons. The highest BCUT2D eigenvalue weighted by atomic mass is 19.4. The summed E-state index contributed by atoms with van der Waals surface area (Å²) in [5.74, 6) is -4.41. The van der Waals surface area contributed by atoms with Crippen LogP contribution in [0.4, 0.5) is 27.6 Å². The highest BCUT2D eigenvalue weighted by molar-refractivity contribution is 5.98. The fourth-order valence-corrected chi connectivity index (χ4v) is 4.58. The lowest BCUT2D eigenvalue weighted by Crippen LogP contribution is -2.42. The number of ketones is 1. The van der Waals surface area contributed by atoms with Crippen LogP contribution in [0.5, 0.6) is 5.75 Å². The number of alkyl halides is 3. The Kier molecular flexibility index (Phi) is 8.82. The monoisotopic (exact) mass is 606 g/mol. The van der Waals surface area contributed by atoms with Crippen molar-refractivity contribution >= 4 is 23.0 Å². The minimum absolute atomic E-state index is 0.133. The lowest BCUT2D eigenvalue weighted by atomic mass is 10.0. The molecular formula is C28H27F5N6O4. The number of methoxy groups -OCH3 is 1. The summed E-state index contributed by atoms with van der Waals surface area (Å²) < 4.78 is 77.0. The zero-order valence-electron chi connectivity index (χ0n) is 23.4. The summed E-state index contributed by atoms with van der Waals surface area (Å²) in [4.78, 5) is 42.6. The molecule has 228 valence electrons. The van der Waals surface area contributed by atoms with E-state index in [9.17, 15) is 36.3 Å². The number of nitrogens with zero attached hydrogens (tertiary/aromatic N) is 4. The number of anilines is 1. The molecule has 2 N–H and O–H groups in total. The normalized spacial score (nSPS) is 13.0. The smallest absolute Gasteiger partial charge is 0.408 e. The number of imidazole rings is 1. The second-order valence-corrected chi connectivity index (χ2v) is 9.68. The van der Waals surface area contributed by atoms with Crippen LogP contribution in [0.15, 0.2) is 47.7 Å². The molecule has 4 rings (SSSR count). The number of carbonyl (C=O) groups excluding carboxylic acids is 2. The number of nitrogens with one attached hydrogen (secondary N) is 2. The van der Waals surface area contributed by atoms with Gasteiger partial charge in [0.2, 0.25) is 0 Å². The van der Waals surface area contributed by atoms with Gasteiger partial charge in [-0.15, -0.1) is 0 Å². The van der Waals surface area contributed by atoms with Crippen LogP contribution in [0.3, 0.4) is 0 Å². The van der Waals surface area contributed by atoms with Gasteiger partial charge < -0.3 is 19.8 Å². The van der Waals surface area contributed by atoms with Crippen molar-refractivity contribution < 1.29 is 36.3 Å². The van der Waals surface area contributed by atoms with Crippen molar-refractivity contribution in [2.45, 2.75) is 44.9 Å². The van der Waals surface area contributed by atoms with Crippen LogP contribution < -0.4 is 20.9 Å². The van der Waals surface area contributed by atoms with Gasteiger partial charge in [0.15, 0.2) is 11.5 Å². The number of amides is 1. The average molecular weight is 607 g/mol. The van der Waals surface area contributed by atoms with E-state index in [2.05, 4.69) is 15.4 Å². The zero-order valence-corrected chi connectivity index (χ0v) is 23.4. The molecule has 0 aliphatic rings. The number of rotatable bonds is 10. The third kappa shape index (κ3) is 6.34. The number of halogens is 5. The molecule has 0 saturated heterocycles. The number of benzene rings is 1. The topological polar surface area (TPSA) is 120 Å². The largest absolute Gasteiger partial charge is 0.494 e. The Bertz CT molecular complexity index is 1730. The Morgan fingerprint density at radius 1 is 1.14 bits per heavy atom. The van der Waals surface area contributed by atoms with Crippen molar-refractivity contribution in [2.75, 3.05) is 12.4 Å². The first kappa shape index (κ1) is 31.1. The van der Waals surface area contributed by atoms with E-state index in [-0.39, 0.29) is 17.7 Å². The van der Waals surface area contributed by atoms with Crippen LogP contribution in [0, 0.1) is 11.6 Å². The highest BCUT2D eigenvalue weighted by Gasteiger charge is 2.38. The van der Waals surface area contributed by atoms with Crippen molar-refractivity contribution in [3.8, 4) is 16.9 Å². The van der Waals surface area contributed by atoms with Gasteiger partial charge in [-0.05, 0) is 37.6 Å². The number of hydrogen-bond donors (Lipinski definition) is 2. The Balaban J connectivity index is 1.63. The molecule has 43 heavy (non-hydrogen) atoms. The van der Waals surface area contributed by atoms with Gasteiger partial charge >= 0.3 is 6.18 Å². The first-order valence-electron chi connectivity index (χ1n) is 13.0. The van der Waals surface area contributed by atoms with Crippen molar-refractivity contribution in [2.24, 2.45) is 7.05 Å². The first-order valence-corrected chi connectivity index (χ1v) is 13.0. The first-order chi connectivity index (χ1) is 20.3. The molecule has 10 nitrogen and oxygen atoms in total. The molecule has 0 bridgehead atoms. The van der Waals surface area contributed by atoms with E-state index in [1.807, 2.05) is 5.32 Å². The number of ether oxygens (including phenoxy) is 1. The summed E-state index contributed by atoms with van der Waals surface area (Å²) in [5.41, 5.74) is -0.603. The molecule has 0 fully saturated rings. The van der Waals surface area contributed by atoms with Crippen LogP contribution >= 0.6 is 0 Å². The summed E-state index contributed by atoms with van der Waals surface area (Å²) in [6.45, 7) is 2.43. The van der Waals surface area contributed by atoms with E-state index in [1.54, 1.807) is 22.7 Å². The van der Waals surface area contributed by atoms with Crippen molar-refractivity contribution in [1.29, 1.82) is 0 Å². The lowest BCUT2D eigenvalue weighted by Gasteiger charge is -2.22. The van der Waals surface area contributed by atoms with Gasteiger partial charge in [-0.1, -0.05) is 6.92 Å². The second kappa shape index (κ2) is 12.2. The molecule has 4 aromatic rings. The third-order valence-electron chi connectivity index (χ3n) is 6.85. The fourth-order valence-electron chi connectivity index (χ4n) is 4.58. The number of carbonyl (C=O) groups is 2. The number of aryl methyl sites for hydroxylation is 1. The predicted octanol–water partition coefficient (Wildman–Crippen LogP) is 4.06. The lowest BCUT2D eigenvalue weighted by molar-refractivity contribution is -0.142. The van der Waals surface area contributed by atoms with Crippen molar-refractivity contribution in [3.63, 3.8) is 0 Å². The van der Waals surface area contributed by atoms with Gasteiger partial charge in [0.05, 0.1) is 24.9 Å². The van der Waals surface area contributed by atoms with Crippen LogP contribution in [0.2, 0.25) is 0 Å².